The predicted octanol–water partition coefficient (Wildman–Crippen LogP) is 1.29. The zero-order valence-corrected chi connectivity index (χ0v) is 17.8. The standard InChI is InChI=1S/C21H25N3O5S/c1-15-10-17-11-18(30(22,27)28)8-9-19(17)24(15)20(25)13-23(14-21(26)29-2)12-16-6-4-3-5-7-16/h3-9,11,15H,10,12-14H2,1-2H3,(H2,22,27,28). The molecule has 0 fully saturated rings. The number of nitrogens with two attached hydrogens (primary N) is 1. The molecule has 1 heterocycles. The predicted molar refractivity (Wildman–Crippen MR) is 112 cm³/mol. The summed E-state index contributed by atoms with van der Waals surface area (Å²) in [6, 6.07) is 13.9. The maximum absolute atomic E-state index is 13.2. The fourth-order valence-corrected chi connectivity index (χ4v) is 4.25. The second kappa shape index (κ2) is 8.95. The third-order valence-corrected chi connectivity index (χ3v) is 5.96. The van der Waals surface area contributed by atoms with Crippen molar-refractivity contribution >= 4 is 27.6 Å². The van der Waals surface area contributed by atoms with Gasteiger partial charge in [0.2, 0.25) is 15.9 Å². The van der Waals surface area contributed by atoms with E-state index in [0.717, 1.165) is 11.1 Å². The van der Waals surface area contributed by atoms with Gasteiger partial charge in [-0.2, -0.15) is 0 Å². The fourth-order valence-electron chi connectivity index (χ4n) is 3.69. The number of anilines is 1. The highest BCUT2D eigenvalue weighted by Gasteiger charge is 2.32. The van der Waals surface area contributed by atoms with Gasteiger partial charge in [-0.15, -0.1) is 0 Å². The normalized spacial score (nSPS) is 15.9. The number of carbonyl (C=O) groups is 2. The van der Waals surface area contributed by atoms with Gasteiger partial charge in [0.1, 0.15) is 0 Å². The zero-order chi connectivity index (χ0) is 21.9. The first-order valence-corrected chi connectivity index (χ1v) is 11.0. The van der Waals surface area contributed by atoms with Crippen LogP contribution in [-0.2, 0) is 37.3 Å². The molecular weight excluding hydrogens is 406 g/mol. The number of benzene rings is 2. The van der Waals surface area contributed by atoms with Gasteiger partial charge in [-0.3, -0.25) is 14.5 Å². The monoisotopic (exact) mass is 431 g/mol. The number of fused-ring (bicyclic) bond motifs is 1. The summed E-state index contributed by atoms with van der Waals surface area (Å²) in [5.74, 6) is -0.601. The van der Waals surface area contributed by atoms with E-state index in [9.17, 15) is 18.0 Å². The van der Waals surface area contributed by atoms with Crippen LogP contribution >= 0.6 is 0 Å². The van der Waals surface area contributed by atoms with Crippen LogP contribution in [0.2, 0.25) is 0 Å². The van der Waals surface area contributed by atoms with Gasteiger partial charge in [0.25, 0.3) is 0 Å². The van der Waals surface area contributed by atoms with Gasteiger partial charge >= 0.3 is 5.97 Å². The van der Waals surface area contributed by atoms with Crippen molar-refractivity contribution in [2.45, 2.75) is 30.8 Å². The lowest BCUT2D eigenvalue weighted by atomic mass is 10.1. The summed E-state index contributed by atoms with van der Waals surface area (Å²) in [5, 5.41) is 5.22. The summed E-state index contributed by atoms with van der Waals surface area (Å²) in [6.07, 6.45) is 0.528. The first-order valence-electron chi connectivity index (χ1n) is 9.50. The van der Waals surface area contributed by atoms with Crippen molar-refractivity contribution in [2.75, 3.05) is 25.1 Å². The lowest BCUT2D eigenvalue weighted by Crippen LogP contribution is -2.44. The molecule has 0 saturated carbocycles. The van der Waals surface area contributed by atoms with Gasteiger partial charge in [-0.1, -0.05) is 30.3 Å². The molecule has 2 N–H and O–H groups in total. The lowest BCUT2D eigenvalue weighted by Gasteiger charge is -2.27. The largest absolute Gasteiger partial charge is 0.468 e. The number of primary sulfonamides is 1. The first kappa shape index (κ1) is 21.9. The number of ether oxygens (including phenoxy) is 1. The molecule has 0 aliphatic carbocycles. The van der Waals surface area contributed by atoms with Crippen LogP contribution in [-0.4, -0.2) is 51.4 Å². The maximum atomic E-state index is 13.2. The fraction of sp³-hybridized carbons (Fsp3) is 0.333. The molecular formula is C21H25N3O5S. The van der Waals surface area contributed by atoms with Crippen molar-refractivity contribution < 1.29 is 22.7 Å². The molecule has 1 amide bonds. The molecule has 1 aliphatic rings. The summed E-state index contributed by atoms with van der Waals surface area (Å²) in [6.45, 7) is 2.32. The van der Waals surface area contributed by atoms with Crippen molar-refractivity contribution in [1.82, 2.24) is 4.90 Å². The molecule has 9 heteroatoms. The van der Waals surface area contributed by atoms with E-state index >= 15 is 0 Å². The van der Waals surface area contributed by atoms with Gasteiger partial charge in [-0.05, 0) is 42.7 Å². The van der Waals surface area contributed by atoms with Crippen LogP contribution in [0.3, 0.4) is 0 Å². The Morgan fingerprint density at radius 3 is 2.50 bits per heavy atom. The Balaban J connectivity index is 1.81. The Labute approximate surface area is 176 Å². The van der Waals surface area contributed by atoms with Crippen molar-refractivity contribution in [2.24, 2.45) is 5.14 Å². The van der Waals surface area contributed by atoms with Crippen LogP contribution in [0, 0.1) is 0 Å². The number of hydrogen-bond donors (Lipinski definition) is 1. The van der Waals surface area contributed by atoms with E-state index in [4.69, 9.17) is 9.88 Å². The van der Waals surface area contributed by atoms with Gasteiger partial charge in [0.15, 0.2) is 0 Å². The van der Waals surface area contributed by atoms with Crippen LogP contribution in [0.1, 0.15) is 18.1 Å². The molecule has 160 valence electrons. The summed E-state index contributed by atoms with van der Waals surface area (Å²) < 4.78 is 28.0. The molecule has 0 saturated heterocycles. The van der Waals surface area contributed by atoms with E-state index in [1.165, 1.54) is 19.2 Å². The minimum atomic E-state index is -3.81. The van der Waals surface area contributed by atoms with E-state index < -0.39 is 16.0 Å². The Bertz CT molecular complexity index is 1040. The van der Waals surface area contributed by atoms with E-state index in [1.54, 1.807) is 15.9 Å². The quantitative estimate of drug-likeness (QED) is 0.662. The molecule has 2 aromatic carbocycles. The van der Waals surface area contributed by atoms with Crippen molar-refractivity contribution in [3.05, 3.63) is 59.7 Å². The van der Waals surface area contributed by atoms with E-state index in [1.807, 2.05) is 37.3 Å². The second-order valence-corrected chi connectivity index (χ2v) is 8.92. The average molecular weight is 432 g/mol. The number of hydrogen-bond acceptors (Lipinski definition) is 6. The number of sulfonamides is 1. The van der Waals surface area contributed by atoms with E-state index in [0.29, 0.717) is 18.7 Å². The Morgan fingerprint density at radius 2 is 1.87 bits per heavy atom. The summed E-state index contributed by atoms with van der Waals surface area (Å²) in [5.41, 5.74) is 2.39. The highest BCUT2D eigenvalue weighted by molar-refractivity contribution is 7.89. The van der Waals surface area contributed by atoms with Crippen LogP contribution < -0.4 is 10.0 Å². The van der Waals surface area contributed by atoms with Gasteiger partial charge in [0.05, 0.1) is 25.1 Å². The van der Waals surface area contributed by atoms with Crippen molar-refractivity contribution in [3.8, 4) is 0 Å². The summed E-state index contributed by atoms with van der Waals surface area (Å²) >= 11 is 0. The maximum Gasteiger partial charge on any atom is 0.319 e. The molecule has 1 atom stereocenters. The highest BCUT2D eigenvalue weighted by Crippen LogP contribution is 2.33. The van der Waals surface area contributed by atoms with E-state index in [2.05, 4.69) is 0 Å². The number of methoxy groups -OCH3 is 1. The van der Waals surface area contributed by atoms with Crippen LogP contribution in [0.25, 0.3) is 0 Å². The molecule has 2 aromatic rings. The van der Waals surface area contributed by atoms with Crippen molar-refractivity contribution in [1.29, 1.82) is 0 Å². The summed E-state index contributed by atoms with van der Waals surface area (Å²) in [4.78, 5) is 28.4. The smallest absolute Gasteiger partial charge is 0.319 e. The first-order chi connectivity index (χ1) is 14.2. The molecule has 30 heavy (non-hydrogen) atoms. The third-order valence-electron chi connectivity index (χ3n) is 5.05. The van der Waals surface area contributed by atoms with Crippen LogP contribution in [0.5, 0.6) is 0 Å². The molecule has 8 nitrogen and oxygen atoms in total. The Hall–Kier alpha value is -2.75. The average Bonchev–Trinajstić information content (AvgIpc) is 3.02. The lowest BCUT2D eigenvalue weighted by molar-refractivity contribution is -0.142. The zero-order valence-electron chi connectivity index (χ0n) is 16.9. The molecule has 3 rings (SSSR count). The molecule has 1 unspecified atom stereocenters. The number of amides is 1. The van der Waals surface area contributed by atoms with E-state index in [-0.39, 0.29) is 29.9 Å². The minimum Gasteiger partial charge on any atom is -0.468 e. The van der Waals surface area contributed by atoms with Crippen LogP contribution in [0.15, 0.2) is 53.4 Å². The summed E-state index contributed by atoms with van der Waals surface area (Å²) in [7, 11) is -2.50. The highest BCUT2D eigenvalue weighted by atomic mass is 32.2. The number of carbonyl (C=O) groups excluding carboxylic acids is 2. The Kier molecular flexibility index (Phi) is 6.55. The van der Waals surface area contributed by atoms with Gasteiger partial charge in [-0.25, -0.2) is 13.6 Å². The SMILES string of the molecule is COC(=O)CN(CC(=O)N1c2ccc(S(N)(=O)=O)cc2CC1C)Cc1ccccc1. The number of nitrogens with zero attached hydrogens (tertiary/aromatic N) is 2. The van der Waals surface area contributed by atoms with Gasteiger partial charge in [0, 0.05) is 18.3 Å². The molecule has 0 aromatic heterocycles. The van der Waals surface area contributed by atoms with Crippen molar-refractivity contribution in [3.63, 3.8) is 0 Å². The van der Waals surface area contributed by atoms with Crippen LogP contribution in [0.4, 0.5) is 5.69 Å². The molecule has 0 spiro atoms. The topological polar surface area (TPSA) is 110 Å². The van der Waals surface area contributed by atoms with Gasteiger partial charge < -0.3 is 9.64 Å². The molecule has 0 bridgehead atoms. The number of rotatable bonds is 7. The number of esters is 1. The minimum absolute atomic E-state index is 0.0173. The second-order valence-electron chi connectivity index (χ2n) is 7.36. The third kappa shape index (κ3) is 5.05. The molecule has 0 radical (unpaired) electrons. The Morgan fingerprint density at radius 1 is 1.17 bits per heavy atom. The molecule has 1 aliphatic heterocycles.